The van der Waals surface area contributed by atoms with E-state index in [2.05, 4.69) is 15.5 Å². The van der Waals surface area contributed by atoms with Gasteiger partial charge in [0.2, 0.25) is 0 Å². The van der Waals surface area contributed by atoms with E-state index in [9.17, 15) is 13.6 Å². The minimum Gasteiger partial charge on any atom is -0.381 e. The Morgan fingerprint density at radius 1 is 1.29 bits per heavy atom. The van der Waals surface area contributed by atoms with Gasteiger partial charge in [0.05, 0.1) is 11.9 Å². The number of alkyl halides is 2. The third-order valence-electron chi connectivity index (χ3n) is 5.86. The van der Waals surface area contributed by atoms with E-state index in [0.29, 0.717) is 26.3 Å². The zero-order chi connectivity index (χ0) is 19.9. The van der Waals surface area contributed by atoms with E-state index in [4.69, 9.17) is 4.74 Å². The predicted molar refractivity (Wildman–Crippen MR) is 97.2 cm³/mol. The van der Waals surface area contributed by atoms with Crippen molar-refractivity contribution in [3.63, 3.8) is 0 Å². The topological polar surface area (TPSA) is 77.2 Å². The summed E-state index contributed by atoms with van der Waals surface area (Å²) >= 11 is 0. The number of hydrogen-bond donors (Lipinski definition) is 1. The standard InChI is InChI=1S/C18H24F2N6O2/c1-24-8-12(7-21-24)13-9-26(11-18(13)3-5-28-6-4-18)17(27)22-14-10-25(2)23-15(14)16(19)20/h7-8,10,13,16H,3-6,9,11H2,1-2H3,(H,22,27). The number of ether oxygens (including phenoxy) is 1. The van der Waals surface area contributed by atoms with Crippen molar-refractivity contribution in [2.45, 2.75) is 25.2 Å². The molecule has 152 valence electrons. The van der Waals surface area contributed by atoms with Gasteiger partial charge in [0.1, 0.15) is 0 Å². The van der Waals surface area contributed by atoms with Crippen molar-refractivity contribution in [1.29, 1.82) is 0 Å². The van der Waals surface area contributed by atoms with Gasteiger partial charge in [0, 0.05) is 64.1 Å². The number of halogens is 2. The van der Waals surface area contributed by atoms with Gasteiger partial charge >= 0.3 is 6.03 Å². The molecule has 8 nitrogen and oxygen atoms in total. The maximum atomic E-state index is 13.2. The van der Waals surface area contributed by atoms with E-state index in [0.717, 1.165) is 18.4 Å². The highest BCUT2D eigenvalue weighted by Crippen LogP contribution is 2.49. The van der Waals surface area contributed by atoms with Gasteiger partial charge in [-0.3, -0.25) is 9.36 Å². The summed E-state index contributed by atoms with van der Waals surface area (Å²) in [7, 11) is 3.42. The van der Waals surface area contributed by atoms with Gasteiger partial charge in [-0.25, -0.2) is 13.6 Å². The Hall–Kier alpha value is -2.49. The van der Waals surface area contributed by atoms with Crippen molar-refractivity contribution in [2.75, 3.05) is 31.6 Å². The quantitative estimate of drug-likeness (QED) is 0.868. The van der Waals surface area contributed by atoms with Gasteiger partial charge in [-0.2, -0.15) is 10.2 Å². The van der Waals surface area contributed by atoms with Gasteiger partial charge < -0.3 is 15.0 Å². The molecule has 1 unspecified atom stereocenters. The Morgan fingerprint density at radius 2 is 2.04 bits per heavy atom. The van der Waals surface area contributed by atoms with Crippen molar-refractivity contribution in [1.82, 2.24) is 24.5 Å². The largest absolute Gasteiger partial charge is 0.381 e. The summed E-state index contributed by atoms with van der Waals surface area (Å²) in [5, 5.41) is 10.7. The average Bonchev–Trinajstić information content (AvgIpc) is 3.33. The number of amides is 2. The van der Waals surface area contributed by atoms with Crippen molar-refractivity contribution < 1.29 is 18.3 Å². The number of likely N-dealkylation sites (tertiary alicyclic amines) is 1. The van der Waals surface area contributed by atoms with Crippen LogP contribution in [0.3, 0.4) is 0 Å². The first kappa shape index (κ1) is 18.9. The Labute approximate surface area is 161 Å². The lowest BCUT2D eigenvalue weighted by molar-refractivity contribution is 0.0136. The fourth-order valence-corrected chi connectivity index (χ4v) is 4.44. The van der Waals surface area contributed by atoms with Crippen LogP contribution in [0.15, 0.2) is 18.6 Å². The fourth-order valence-electron chi connectivity index (χ4n) is 4.44. The highest BCUT2D eigenvalue weighted by Gasteiger charge is 2.49. The predicted octanol–water partition coefficient (Wildman–Crippen LogP) is 2.52. The van der Waals surface area contributed by atoms with Crippen LogP contribution in [0, 0.1) is 5.41 Å². The van der Waals surface area contributed by atoms with Crippen LogP contribution in [0.1, 0.15) is 36.4 Å². The molecule has 1 spiro atoms. The Balaban J connectivity index is 1.56. The SMILES string of the molecule is Cn1cc(C2CN(C(=O)Nc3cn(C)nc3C(F)F)CC23CCOCC3)cn1. The third-order valence-corrected chi connectivity index (χ3v) is 5.86. The fraction of sp³-hybridized carbons (Fsp3) is 0.611. The van der Waals surface area contributed by atoms with E-state index < -0.39 is 12.1 Å². The van der Waals surface area contributed by atoms with E-state index in [1.807, 2.05) is 19.4 Å². The molecular formula is C18H24F2N6O2. The van der Waals surface area contributed by atoms with Crippen LogP contribution < -0.4 is 5.32 Å². The summed E-state index contributed by atoms with van der Waals surface area (Å²) in [6, 6.07) is -0.382. The number of carbonyl (C=O) groups excluding carboxylic acids is 1. The molecule has 0 saturated carbocycles. The summed E-state index contributed by atoms with van der Waals surface area (Å²) in [4.78, 5) is 14.6. The normalized spacial score (nSPS) is 21.6. The van der Waals surface area contributed by atoms with Gasteiger partial charge in [0.15, 0.2) is 5.69 Å². The Bertz CT molecular complexity index is 858. The lowest BCUT2D eigenvalue weighted by atomic mass is 9.70. The second-order valence-corrected chi connectivity index (χ2v) is 7.69. The first-order valence-corrected chi connectivity index (χ1v) is 9.32. The summed E-state index contributed by atoms with van der Waals surface area (Å²) in [6.07, 6.45) is 4.19. The van der Waals surface area contributed by atoms with Crippen LogP contribution in [-0.4, -0.2) is 56.8 Å². The summed E-state index contributed by atoms with van der Waals surface area (Å²) < 4.78 is 34.9. The first-order chi connectivity index (χ1) is 13.4. The average molecular weight is 394 g/mol. The van der Waals surface area contributed by atoms with Gasteiger partial charge in [-0.05, 0) is 18.4 Å². The van der Waals surface area contributed by atoms with Crippen LogP contribution in [0.4, 0.5) is 19.3 Å². The van der Waals surface area contributed by atoms with Crippen LogP contribution in [0.5, 0.6) is 0 Å². The number of carbonyl (C=O) groups is 1. The summed E-state index contributed by atoms with van der Waals surface area (Å²) in [5.41, 5.74) is 0.640. The number of anilines is 1. The molecule has 2 aliphatic rings. The molecule has 0 bridgehead atoms. The molecule has 2 fully saturated rings. The molecule has 2 saturated heterocycles. The van der Waals surface area contributed by atoms with E-state index in [-0.39, 0.29) is 23.1 Å². The molecule has 0 aromatic carbocycles. The Kier molecular flexibility index (Phi) is 4.82. The third kappa shape index (κ3) is 3.36. The minimum atomic E-state index is -2.75. The number of hydrogen-bond acceptors (Lipinski definition) is 4. The molecule has 2 aromatic heterocycles. The van der Waals surface area contributed by atoms with Crippen LogP contribution >= 0.6 is 0 Å². The molecule has 4 heterocycles. The molecule has 28 heavy (non-hydrogen) atoms. The smallest absolute Gasteiger partial charge is 0.321 e. The molecule has 1 N–H and O–H groups in total. The highest BCUT2D eigenvalue weighted by atomic mass is 19.3. The zero-order valence-corrected chi connectivity index (χ0v) is 15.9. The summed E-state index contributed by atoms with van der Waals surface area (Å²) in [6.45, 7) is 2.39. The minimum absolute atomic E-state index is 0.0494. The van der Waals surface area contributed by atoms with Crippen molar-refractivity contribution >= 4 is 11.7 Å². The second-order valence-electron chi connectivity index (χ2n) is 7.69. The number of nitrogens with zero attached hydrogens (tertiary/aromatic N) is 5. The number of urea groups is 1. The molecule has 1 atom stereocenters. The molecule has 0 radical (unpaired) electrons. The highest BCUT2D eigenvalue weighted by molar-refractivity contribution is 5.90. The number of aryl methyl sites for hydroxylation is 2. The van der Waals surface area contributed by atoms with E-state index in [1.165, 1.54) is 10.9 Å². The van der Waals surface area contributed by atoms with Crippen LogP contribution in [0.2, 0.25) is 0 Å². The lowest BCUT2D eigenvalue weighted by Crippen LogP contribution is -2.38. The molecule has 0 aliphatic carbocycles. The molecule has 2 aliphatic heterocycles. The maximum Gasteiger partial charge on any atom is 0.321 e. The van der Waals surface area contributed by atoms with Crippen molar-refractivity contribution in [3.05, 3.63) is 29.8 Å². The molecule has 4 rings (SSSR count). The first-order valence-electron chi connectivity index (χ1n) is 9.32. The maximum absolute atomic E-state index is 13.2. The van der Waals surface area contributed by atoms with Crippen LogP contribution in [-0.2, 0) is 18.8 Å². The molecule has 2 amide bonds. The van der Waals surface area contributed by atoms with Crippen molar-refractivity contribution in [3.8, 4) is 0 Å². The monoisotopic (exact) mass is 394 g/mol. The van der Waals surface area contributed by atoms with Gasteiger partial charge in [-0.1, -0.05) is 0 Å². The number of nitrogens with one attached hydrogen (secondary N) is 1. The number of aromatic nitrogens is 4. The van der Waals surface area contributed by atoms with Gasteiger partial charge in [-0.15, -0.1) is 0 Å². The lowest BCUT2D eigenvalue weighted by Gasteiger charge is -2.37. The van der Waals surface area contributed by atoms with E-state index in [1.54, 1.807) is 16.6 Å². The number of rotatable bonds is 3. The second kappa shape index (κ2) is 7.16. The Morgan fingerprint density at radius 3 is 2.68 bits per heavy atom. The molecule has 10 heteroatoms. The molecule has 2 aromatic rings. The van der Waals surface area contributed by atoms with Gasteiger partial charge in [0.25, 0.3) is 6.43 Å². The van der Waals surface area contributed by atoms with E-state index >= 15 is 0 Å². The van der Waals surface area contributed by atoms with Crippen molar-refractivity contribution in [2.24, 2.45) is 19.5 Å². The van der Waals surface area contributed by atoms with Crippen LogP contribution in [0.25, 0.3) is 0 Å². The zero-order valence-electron chi connectivity index (χ0n) is 15.9. The molecular weight excluding hydrogens is 370 g/mol. The summed E-state index contributed by atoms with van der Waals surface area (Å²) in [5.74, 6) is 0.138.